The molecular weight excluding hydrogens is 334 g/mol. The second-order valence-electron chi connectivity index (χ2n) is 6.35. The van der Waals surface area contributed by atoms with Gasteiger partial charge in [-0.15, -0.1) is 11.8 Å². The number of sulfone groups is 1. The van der Waals surface area contributed by atoms with Gasteiger partial charge >= 0.3 is 0 Å². The third-order valence-corrected chi connectivity index (χ3v) is 8.12. The number of carbonyl (C=O) groups excluding carboxylic acids is 1. The highest BCUT2D eigenvalue weighted by atomic mass is 32.2. The molecule has 23 heavy (non-hydrogen) atoms. The average molecular weight is 357 g/mol. The summed E-state index contributed by atoms with van der Waals surface area (Å²) in [5.41, 5.74) is 0. The minimum Gasteiger partial charge on any atom is -0.468 e. The molecule has 1 amide bonds. The maximum absolute atomic E-state index is 12.4. The standard InChI is InChI=1S/C16H23NO4S2/c18-16(11-22-14-5-1-2-6-14)17-8-7-15(10-17)23(19,20)12-13-4-3-9-21-13/h3-4,9,14-15H,1-2,5-8,10-12H2/t15-/m1/s1. The van der Waals surface area contributed by atoms with Crippen molar-refractivity contribution in [3.8, 4) is 0 Å². The third-order valence-electron chi connectivity index (χ3n) is 4.67. The van der Waals surface area contributed by atoms with Crippen LogP contribution in [0.15, 0.2) is 22.8 Å². The van der Waals surface area contributed by atoms with Gasteiger partial charge < -0.3 is 9.32 Å². The number of likely N-dealkylation sites (tertiary alicyclic amines) is 1. The third kappa shape index (κ3) is 4.32. The van der Waals surface area contributed by atoms with Gasteiger partial charge in [0.05, 0.1) is 17.3 Å². The highest BCUT2D eigenvalue weighted by Gasteiger charge is 2.35. The van der Waals surface area contributed by atoms with E-state index in [1.165, 1.54) is 31.9 Å². The molecule has 1 aromatic heterocycles. The lowest BCUT2D eigenvalue weighted by Gasteiger charge is -2.17. The Balaban J connectivity index is 1.50. The molecule has 0 spiro atoms. The fraction of sp³-hybridized carbons (Fsp3) is 0.688. The molecule has 1 atom stereocenters. The van der Waals surface area contributed by atoms with Crippen molar-refractivity contribution in [1.82, 2.24) is 4.90 Å². The van der Waals surface area contributed by atoms with Crippen LogP contribution in [0.2, 0.25) is 0 Å². The van der Waals surface area contributed by atoms with E-state index in [-0.39, 0.29) is 11.7 Å². The molecule has 0 radical (unpaired) electrons. The Morgan fingerprint density at radius 2 is 2.09 bits per heavy atom. The fourth-order valence-corrected chi connectivity index (χ4v) is 6.19. The van der Waals surface area contributed by atoms with Crippen LogP contribution >= 0.6 is 11.8 Å². The van der Waals surface area contributed by atoms with Crippen LogP contribution < -0.4 is 0 Å². The van der Waals surface area contributed by atoms with Gasteiger partial charge in [-0.1, -0.05) is 12.8 Å². The van der Waals surface area contributed by atoms with Crippen LogP contribution in [-0.4, -0.2) is 48.6 Å². The summed E-state index contributed by atoms with van der Waals surface area (Å²) < 4.78 is 30.0. The molecule has 3 rings (SSSR count). The topological polar surface area (TPSA) is 67.6 Å². The second-order valence-corrected chi connectivity index (χ2v) is 9.92. The summed E-state index contributed by atoms with van der Waals surface area (Å²) in [5, 5.41) is 0.146. The molecule has 2 fully saturated rings. The Hall–Kier alpha value is -0.950. The van der Waals surface area contributed by atoms with Crippen LogP contribution in [-0.2, 0) is 20.4 Å². The summed E-state index contributed by atoms with van der Waals surface area (Å²) in [6.45, 7) is 0.874. The second kappa shape index (κ2) is 7.30. The van der Waals surface area contributed by atoms with Crippen LogP contribution in [0.5, 0.6) is 0 Å². The van der Waals surface area contributed by atoms with E-state index >= 15 is 0 Å². The smallest absolute Gasteiger partial charge is 0.232 e. The maximum Gasteiger partial charge on any atom is 0.232 e. The van der Waals surface area contributed by atoms with Crippen LogP contribution in [0.25, 0.3) is 0 Å². The Morgan fingerprint density at radius 3 is 2.78 bits per heavy atom. The monoisotopic (exact) mass is 357 g/mol. The van der Waals surface area contributed by atoms with E-state index in [9.17, 15) is 13.2 Å². The molecule has 0 unspecified atom stereocenters. The number of furan rings is 1. The lowest BCUT2D eigenvalue weighted by Crippen LogP contribution is -2.33. The summed E-state index contributed by atoms with van der Waals surface area (Å²) >= 11 is 1.74. The van der Waals surface area contributed by atoms with Gasteiger partial charge in [-0.3, -0.25) is 4.79 Å². The van der Waals surface area contributed by atoms with Gasteiger partial charge in [-0.25, -0.2) is 8.42 Å². The lowest BCUT2D eigenvalue weighted by atomic mass is 10.4. The fourth-order valence-electron chi connectivity index (χ4n) is 3.29. The van der Waals surface area contributed by atoms with Crippen LogP contribution in [0.3, 0.4) is 0 Å². The van der Waals surface area contributed by atoms with Crippen LogP contribution in [0.1, 0.15) is 37.9 Å². The number of hydrogen-bond donors (Lipinski definition) is 0. The summed E-state index contributed by atoms with van der Waals surface area (Å²) in [6, 6.07) is 3.36. The summed E-state index contributed by atoms with van der Waals surface area (Å²) in [7, 11) is -3.27. The predicted octanol–water partition coefficient (Wildman–Crippen LogP) is 2.47. The number of amides is 1. The Labute approximate surface area is 141 Å². The number of nitrogens with zero attached hydrogens (tertiary/aromatic N) is 1. The van der Waals surface area contributed by atoms with E-state index in [1.807, 2.05) is 0 Å². The van der Waals surface area contributed by atoms with Gasteiger partial charge in [0.2, 0.25) is 5.91 Å². The zero-order chi connectivity index (χ0) is 16.3. The Kier molecular flexibility index (Phi) is 5.36. The van der Waals surface area contributed by atoms with E-state index < -0.39 is 15.1 Å². The predicted molar refractivity (Wildman–Crippen MR) is 91.0 cm³/mol. The van der Waals surface area contributed by atoms with Gasteiger partial charge in [0.25, 0.3) is 0 Å². The molecule has 128 valence electrons. The first-order valence-corrected chi connectivity index (χ1v) is 10.9. The Bertz CT molecular complexity index is 621. The summed E-state index contributed by atoms with van der Waals surface area (Å²) in [5.74, 6) is 0.947. The largest absolute Gasteiger partial charge is 0.468 e. The van der Waals surface area contributed by atoms with Crippen molar-refractivity contribution in [2.75, 3.05) is 18.8 Å². The van der Waals surface area contributed by atoms with E-state index in [4.69, 9.17) is 4.42 Å². The first-order chi connectivity index (χ1) is 11.0. The molecular formula is C16H23NO4S2. The van der Waals surface area contributed by atoms with Crippen molar-refractivity contribution in [3.63, 3.8) is 0 Å². The quantitative estimate of drug-likeness (QED) is 0.782. The first-order valence-electron chi connectivity index (χ1n) is 8.18. The molecule has 1 aromatic rings. The van der Waals surface area contributed by atoms with Crippen molar-refractivity contribution in [2.45, 2.75) is 48.4 Å². The van der Waals surface area contributed by atoms with Gasteiger partial charge in [0.15, 0.2) is 9.84 Å². The zero-order valence-corrected chi connectivity index (χ0v) is 14.8. The van der Waals surface area contributed by atoms with Crippen molar-refractivity contribution in [1.29, 1.82) is 0 Å². The highest BCUT2D eigenvalue weighted by molar-refractivity contribution is 8.00. The molecule has 1 aliphatic carbocycles. The molecule has 2 heterocycles. The number of thioether (sulfide) groups is 1. The zero-order valence-electron chi connectivity index (χ0n) is 13.1. The first kappa shape index (κ1) is 16.9. The van der Waals surface area contributed by atoms with Crippen molar-refractivity contribution in [2.24, 2.45) is 0 Å². The molecule has 7 heteroatoms. The van der Waals surface area contributed by atoms with Gasteiger partial charge in [0.1, 0.15) is 11.5 Å². The van der Waals surface area contributed by atoms with E-state index in [0.29, 0.717) is 36.3 Å². The number of rotatable bonds is 6. The minimum absolute atomic E-state index is 0.0798. The van der Waals surface area contributed by atoms with Gasteiger partial charge in [-0.2, -0.15) is 0 Å². The van der Waals surface area contributed by atoms with Crippen molar-refractivity contribution < 1.29 is 17.6 Å². The summed E-state index contributed by atoms with van der Waals surface area (Å²) in [4.78, 5) is 14.0. The molecule has 1 saturated carbocycles. The van der Waals surface area contributed by atoms with Crippen molar-refractivity contribution >= 4 is 27.5 Å². The van der Waals surface area contributed by atoms with Gasteiger partial charge in [0, 0.05) is 18.3 Å². The minimum atomic E-state index is -3.27. The molecule has 0 bridgehead atoms. The Morgan fingerprint density at radius 1 is 1.30 bits per heavy atom. The molecule has 0 aromatic carbocycles. The number of carbonyl (C=O) groups is 1. The molecule has 5 nitrogen and oxygen atoms in total. The molecule has 0 N–H and O–H groups in total. The molecule has 2 aliphatic rings. The van der Waals surface area contributed by atoms with Crippen LogP contribution in [0, 0.1) is 0 Å². The SMILES string of the molecule is O=C(CSC1CCCC1)N1CC[C@@H](S(=O)(=O)Cc2ccco2)C1. The average Bonchev–Trinajstić information content (AvgIpc) is 3.25. The van der Waals surface area contributed by atoms with E-state index in [0.717, 1.165) is 0 Å². The van der Waals surface area contributed by atoms with Gasteiger partial charge in [-0.05, 0) is 31.4 Å². The molecule has 1 saturated heterocycles. The van der Waals surface area contributed by atoms with Crippen molar-refractivity contribution in [3.05, 3.63) is 24.2 Å². The maximum atomic E-state index is 12.4. The number of hydrogen-bond acceptors (Lipinski definition) is 5. The lowest BCUT2D eigenvalue weighted by molar-refractivity contribution is -0.127. The van der Waals surface area contributed by atoms with E-state index in [2.05, 4.69) is 0 Å². The van der Waals surface area contributed by atoms with Crippen LogP contribution in [0.4, 0.5) is 0 Å². The summed E-state index contributed by atoms with van der Waals surface area (Å²) in [6.07, 6.45) is 6.96. The normalized spacial score (nSPS) is 22.8. The highest BCUT2D eigenvalue weighted by Crippen LogP contribution is 2.30. The van der Waals surface area contributed by atoms with E-state index in [1.54, 1.807) is 28.8 Å². The molecule has 1 aliphatic heterocycles.